The maximum atomic E-state index is 4.74. The molecule has 0 bridgehead atoms. The Balaban J connectivity index is 2.35. The second kappa shape index (κ2) is 6.69. The molecule has 0 aliphatic heterocycles. The molecule has 0 fully saturated rings. The highest BCUT2D eigenvalue weighted by molar-refractivity contribution is 6.03. The van der Waals surface area contributed by atoms with E-state index in [9.17, 15) is 0 Å². The van der Waals surface area contributed by atoms with Gasteiger partial charge in [0.1, 0.15) is 0 Å². The highest BCUT2D eigenvalue weighted by Gasteiger charge is 2.16. The molecule has 1 aliphatic rings. The average molecular weight is 267 g/mol. The first kappa shape index (κ1) is 14.8. The molecule has 0 N–H and O–H groups in total. The maximum Gasteiger partial charge on any atom is 0.0395 e. The Morgan fingerprint density at radius 1 is 1.20 bits per heavy atom. The molecule has 0 spiro atoms. The van der Waals surface area contributed by atoms with Crippen LogP contribution in [-0.2, 0) is 0 Å². The van der Waals surface area contributed by atoms with Crippen molar-refractivity contribution in [2.45, 2.75) is 47.0 Å². The molecule has 0 heterocycles. The minimum Gasteiger partial charge on any atom is -0.289 e. The lowest BCUT2D eigenvalue weighted by Gasteiger charge is -2.12. The van der Waals surface area contributed by atoms with Crippen molar-refractivity contribution in [2.75, 3.05) is 6.54 Å². The monoisotopic (exact) mass is 267 g/mol. The molecule has 0 unspecified atom stereocenters. The second-order valence-electron chi connectivity index (χ2n) is 5.56. The van der Waals surface area contributed by atoms with E-state index in [1.165, 1.54) is 46.4 Å². The van der Waals surface area contributed by atoms with Gasteiger partial charge in [-0.1, -0.05) is 49.3 Å². The van der Waals surface area contributed by atoms with Gasteiger partial charge in [-0.2, -0.15) is 0 Å². The van der Waals surface area contributed by atoms with E-state index in [4.69, 9.17) is 4.99 Å². The number of nitrogens with zero attached hydrogens (tertiary/aromatic N) is 1. The van der Waals surface area contributed by atoms with Crippen molar-refractivity contribution in [2.24, 2.45) is 4.99 Å². The Morgan fingerprint density at radius 3 is 2.60 bits per heavy atom. The van der Waals surface area contributed by atoms with Crippen LogP contribution in [0.1, 0.15) is 58.1 Å². The zero-order valence-corrected chi connectivity index (χ0v) is 13.2. The maximum absolute atomic E-state index is 4.74. The van der Waals surface area contributed by atoms with Crippen LogP contribution >= 0.6 is 0 Å². The van der Waals surface area contributed by atoms with Gasteiger partial charge in [-0.3, -0.25) is 4.99 Å². The van der Waals surface area contributed by atoms with Gasteiger partial charge < -0.3 is 0 Å². The summed E-state index contributed by atoms with van der Waals surface area (Å²) in [5, 5.41) is 0. The molecule has 20 heavy (non-hydrogen) atoms. The molecule has 0 amide bonds. The van der Waals surface area contributed by atoms with Crippen LogP contribution in [0.5, 0.6) is 0 Å². The number of aliphatic imine (C=N–C) groups is 1. The lowest BCUT2D eigenvalue weighted by Crippen LogP contribution is -2.02. The zero-order chi connectivity index (χ0) is 14.5. The van der Waals surface area contributed by atoms with Crippen molar-refractivity contribution in [3.63, 3.8) is 0 Å². The van der Waals surface area contributed by atoms with Crippen molar-refractivity contribution in [1.29, 1.82) is 0 Å². The van der Waals surface area contributed by atoms with Crippen molar-refractivity contribution >= 4 is 11.3 Å². The molecule has 2 rings (SSSR count). The van der Waals surface area contributed by atoms with Gasteiger partial charge in [0.25, 0.3) is 0 Å². The Bertz CT molecular complexity index is 573. The molecule has 0 atom stereocenters. The van der Waals surface area contributed by atoms with E-state index < -0.39 is 0 Å². The van der Waals surface area contributed by atoms with Crippen LogP contribution in [0.25, 0.3) is 5.57 Å². The highest BCUT2D eigenvalue weighted by atomic mass is 14.7. The molecule has 0 aromatic heterocycles. The molecule has 1 heteroatoms. The molecule has 1 nitrogen and oxygen atoms in total. The third-order valence-corrected chi connectivity index (χ3v) is 4.16. The summed E-state index contributed by atoms with van der Waals surface area (Å²) in [5.74, 6) is 0. The molecule has 0 radical (unpaired) electrons. The summed E-state index contributed by atoms with van der Waals surface area (Å²) in [6.07, 6.45) is 5.75. The van der Waals surface area contributed by atoms with Crippen molar-refractivity contribution in [1.82, 2.24) is 0 Å². The SMILES string of the molecule is CCCCN=C(C)c1ccccc1C1=C(C)C(C)=CC1. The lowest BCUT2D eigenvalue weighted by atomic mass is 9.94. The van der Waals surface area contributed by atoms with Crippen LogP contribution in [0.15, 0.2) is 46.5 Å². The molecule has 1 aromatic carbocycles. The van der Waals surface area contributed by atoms with E-state index in [2.05, 4.69) is 58.0 Å². The lowest BCUT2D eigenvalue weighted by molar-refractivity contribution is 0.808. The summed E-state index contributed by atoms with van der Waals surface area (Å²) >= 11 is 0. The van der Waals surface area contributed by atoms with E-state index in [0.29, 0.717) is 0 Å². The van der Waals surface area contributed by atoms with E-state index >= 15 is 0 Å². The van der Waals surface area contributed by atoms with Crippen LogP contribution in [-0.4, -0.2) is 12.3 Å². The third kappa shape index (κ3) is 3.09. The summed E-state index contributed by atoms with van der Waals surface area (Å²) in [4.78, 5) is 4.74. The van der Waals surface area contributed by atoms with E-state index in [1.807, 2.05) is 0 Å². The zero-order valence-electron chi connectivity index (χ0n) is 13.2. The minimum absolute atomic E-state index is 0.936. The van der Waals surface area contributed by atoms with E-state index in [0.717, 1.165) is 13.0 Å². The van der Waals surface area contributed by atoms with Gasteiger partial charge in [0, 0.05) is 17.8 Å². The van der Waals surface area contributed by atoms with Gasteiger partial charge in [0.15, 0.2) is 0 Å². The molecule has 106 valence electrons. The second-order valence-corrected chi connectivity index (χ2v) is 5.56. The normalized spacial score (nSPS) is 15.8. The number of rotatable bonds is 5. The summed E-state index contributed by atoms with van der Waals surface area (Å²) in [6.45, 7) is 9.72. The first-order valence-electron chi connectivity index (χ1n) is 7.62. The van der Waals surface area contributed by atoms with Gasteiger partial charge >= 0.3 is 0 Å². The summed E-state index contributed by atoms with van der Waals surface area (Å²) in [7, 11) is 0. The first-order valence-corrected chi connectivity index (χ1v) is 7.62. The molecule has 1 aromatic rings. The Kier molecular flexibility index (Phi) is 4.94. The minimum atomic E-state index is 0.936. The smallest absolute Gasteiger partial charge is 0.0395 e. The standard InChI is InChI=1S/C19H25N/c1-5-6-13-20-16(4)18-9-7-8-10-19(18)17-12-11-14(2)15(17)3/h7-11H,5-6,12-13H2,1-4H3. The Labute approximate surface area is 123 Å². The number of allylic oxidation sites excluding steroid dienone is 4. The molecular formula is C19H25N. The van der Waals surface area contributed by atoms with Gasteiger partial charge in [-0.15, -0.1) is 0 Å². The largest absolute Gasteiger partial charge is 0.289 e. The summed E-state index contributed by atoms with van der Waals surface area (Å²) < 4.78 is 0. The predicted molar refractivity (Wildman–Crippen MR) is 89.4 cm³/mol. The van der Waals surface area contributed by atoms with Crippen molar-refractivity contribution in [3.8, 4) is 0 Å². The number of unbranched alkanes of at least 4 members (excludes halogenated alkanes) is 1. The number of hydrogen-bond donors (Lipinski definition) is 0. The number of hydrogen-bond acceptors (Lipinski definition) is 1. The van der Waals surface area contributed by atoms with Crippen molar-refractivity contribution < 1.29 is 0 Å². The van der Waals surface area contributed by atoms with Crippen LogP contribution in [0.3, 0.4) is 0 Å². The fourth-order valence-electron chi connectivity index (χ4n) is 2.66. The summed E-state index contributed by atoms with van der Waals surface area (Å²) in [5.41, 5.74) is 8.12. The van der Waals surface area contributed by atoms with Crippen LogP contribution in [0, 0.1) is 0 Å². The number of benzene rings is 1. The fourth-order valence-corrected chi connectivity index (χ4v) is 2.66. The Morgan fingerprint density at radius 2 is 1.95 bits per heavy atom. The molecule has 0 saturated carbocycles. The van der Waals surface area contributed by atoms with Crippen LogP contribution in [0.2, 0.25) is 0 Å². The molecular weight excluding hydrogens is 242 g/mol. The van der Waals surface area contributed by atoms with Gasteiger partial charge in [0.05, 0.1) is 0 Å². The topological polar surface area (TPSA) is 12.4 Å². The van der Waals surface area contributed by atoms with Gasteiger partial charge in [0.2, 0.25) is 0 Å². The van der Waals surface area contributed by atoms with E-state index in [1.54, 1.807) is 0 Å². The van der Waals surface area contributed by atoms with Crippen LogP contribution in [0.4, 0.5) is 0 Å². The van der Waals surface area contributed by atoms with Crippen molar-refractivity contribution in [3.05, 3.63) is 52.6 Å². The molecule has 1 aliphatic carbocycles. The first-order chi connectivity index (χ1) is 9.65. The highest BCUT2D eigenvalue weighted by Crippen LogP contribution is 2.34. The Hall–Kier alpha value is -1.63. The van der Waals surface area contributed by atoms with Gasteiger partial charge in [-0.05, 0) is 50.3 Å². The molecule has 0 saturated heterocycles. The predicted octanol–water partition coefficient (Wildman–Crippen LogP) is 5.42. The third-order valence-electron chi connectivity index (χ3n) is 4.16. The van der Waals surface area contributed by atoms with Crippen LogP contribution < -0.4 is 0 Å². The average Bonchev–Trinajstić information content (AvgIpc) is 2.79. The fraction of sp³-hybridized carbons (Fsp3) is 0.421. The summed E-state index contributed by atoms with van der Waals surface area (Å²) in [6, 6.07) is 8.68. The quantitative estimate of drug-likeness (QED) is 0.499. The van der Waals surface area contributed by atoms with E-state index in [-0.39, 0.29) is 0 Å². The van der Waals surface area contributed by atoms with Gasteiger partial charge in [-0.25, -0.2) is 0 Å².